The minimum Gasteiger partial charge on any atom is -0.468 e. The number of nitrogens with zero attached hydrogens (tertiary/aromatic N) is 2. The lowest BCUT2D eigenvalue weighted by Crippen LogP contribution is -2.42. The number of carbonyl (C=O) groups is 1. The zero-order valence-electron chi connectivity index (χ0n) is 18.0. The molecule has 0 spiro atoms. The monoisotopic (exact) mass is 433 g/mol. The van der Waals surface area contributed by atoms with Crippen LogP contribution in [0, 0.1) is 11.8 Å². The van der Waals surface area contributed by atoms with Gasteiger partial charge in [-0.15, -0.1) is 0 Å². The summed E-state index contributed by atoms with van der Waals surface area (Å²) >= 11 is 0. The van der Waals surface area contributed by atoms with Gasteiger partial charge < -0.3 is 9.73 Å². The van der Waals surface area contributed by atoms with Crippen LogP contribution < -0.4 is 5.32 Å². The van der Waals surface area contributed by atoms with Crippen molar-refractivity contribution in [3.05, 3.63) is 54.0 Å². The highest BCUT2D eigenvalue weighted by atomic mass is 32.2. The van der Waals surface area contributed by atoms with E-state index < -0.39 is 10.0 Å². The molecule has 1 aromatic carbocycles. The molecule has 2 aromatic rings. The number of nitrogens with one attached hydrogen (secondary N) is 1. The molecule has 1 aliphatic heterocycles. The third-order valence-corrected chi connectivity index (χ3v) is 7.35. The van der Waals surface area contributed by atoms with Crippen molar-refractivity contribution in [2.75, 3.05) is 33.7 Å². The summed E-state index contributed by atoms with van der Waals surface area (Å²) in [7, 11) is 0.186. The summed E-state index contributed by atoms with van der Waals surface area (Å²) in [5.41, 5.74) is 0.325. The second kappa shape index (κ2) is 9.32. The number of furan rings is 1. The fourth-order valence-corrected chi connectivity index (χ4v) is 5.78. The van der Waals surface area contributed by atoms with E-state index in [2.05, 4.69) is 19.2 Å². The standard InChI is InChI=1S/C22H31N3O4S/c1-16-11-17(2)15-25(14-16)30(27,28)19-8-5-7-18(12-19)22(26)23-13-20(24(3)4)21-9-6-10-29-21/h5-10,12,16-17,20H,11,13-15H2,1-4H3,(H,23,26). The zero-order chi connectivity index (χ0) is 21.9. The number of carbonyl (C=O) groups excluding carboxylic acids is 1. The van der Waals surface area contributed by atoms with Crippen LogP contribution in [0.25, 0.3) is 0 Å². The topological polar surface area (TPSA) is 82.9 Å². The molecule has 1 fully saturated rings. The summed E-state index contributed by atoms with van der Waals surface area (Å²) in [6.07, 6.45) is 2.63. The van der Waals surface area contributed by atoms with Crippen molar-refractivity contribution in [2.24, 2.45) is 11.8 Å². The Morgan fingerprint density at radius 1 is 1.20 bits per heavy atom. The molecule has 0 bridgehead atoms. The summed E-state index contributed by atoms with van der Waals surface area (Å²) in [6.45, 7) is 5.51. The van der Waals surface area contributed by atoms with E-state index in [1.54, 1.807) is 28.8 Å². The first-order valence-electron chi connectivity index (χ1n) is 10.3. The summed E-state index contributed by atoms with van der Waals surface area (Å²) < 4.78 is 33.3. The molecule has 7 nitrogen and oxygen atoms in total. The lowest BCUT2D eigenvalue weighted by molar-refractivity contribution is 0.0939. The Kier molecular flexibility index (Phi) is 7.00. The fraction of sp³-hybridized carbons (Fsp3) is 0.500. The van der Waals surface area contributed by atoms with Crippen molar-refractivity contribution >= 4 is 15.9 Å². The summed E-state index contributed by atoms with van der Waals surface area (Å²) in [5, 5.41) is 2.89. The van der Waals surface area contributed by atoms with Crippen LogP contribution in [0.3, 0.4) is 0 Å². The van der Waals surface area contributed by atoms with E-state index in [0.29, 0.717) is 37.0 Å². The first kappa shape index (κ1) is 22.5. The number of likely N-dealkylation sites (N-methyl/N-ethyl adjacent to an activating group) is 1. The van der Waals surface area contributed by atoms with E-state index in [1.165, 1.54) is 6.07 Å². The minimum atomic E-state index is -3.63. The number of benzene rings is 1. The van der Waals surface area contributed by atoms with Gasteiger partial charge in [0.25, 0.3) is 5.91 Å². The van der Waals surface area contributed by atoms with Gasteiger partial charge in [0.15, 0.2) is 0 Å². The molecule has 0 saturated carbocycles. The molecule has 0 radical (unpaired) electrons. The van der Waals surface area contributed by atoms with Crippen molar-refractivity contribution in [1.29, 1.82) is 0 Å². The van der Waals surface area contributed by atoms with Gasteiger partial charge in [0.1, 0.15) is 5.76 Å². The van der Waals surface area contributed by atoms with Crippen molar-refractivity contribution in [1.82, 2.24) is 14.5 Å². The average molecular weight is 434 g/mol. The zero-order valence-corrected chi connectivity index (χ0v) is 18.9. The van der Waals surface area contributed by atoms with E-state index in [4.69, 9.17) is 4.42 Å². The average Bonchev–Trinajstić information content (AvgIpc) is 3.21. The predicted molar refractivity (Wildman–Crippen MR) is 116 cm³/mol. The highest BCUT2D eigenvalue weighted by molar-refractivity contribution is 7.89. The molecular formula is C22H31N3O4S. The van der Waals surface area contributed by atoms with Gasteiger partial charge in [0, 0.05) is 25.2 Å². The van der Waals surface area contributed by atoms with Crippen LogP contribution in [-0.4, -0.2) is 57.3 Å². The van der Waals surface area contributed by atoms with Gasteiger partial charge in [-0.2, -0.15) is 4.31 Å². The Morgan fingerprint density at radius 2 is 1.90 bits per heavy atom. The van der Waals surface area contributed by atoms with Crippen LogP contribution in [0.4, 0.5) is 0 Å². The number of amides is 1. The van der Waals surface area contributed by atoms with Crippen LogP contribution in [0.5, 0.6) is 0 Å². The van der Waals surface area contributed by atoms with Crippen LogP contribution in [0.15, 0.2) is 52.0 Å². The molecule has 1 saturated heterocycles. The van der Waals surface area contributed by atoms with E-state index in [0.717, 1.165) is 12.2 Å². The second-order valence-electron chi connectivity index (χ2n) is 8.50. The predicted octanol–water partition coefficient (Wildman–Crippen LogP) is 2.98. The van der Waals surface area contributed by atoms with Crippen molar-refractivity contribution in [3.8, 4) is 0 Å². The van der Waals surface area contributed by atoms with Crippen LogP contribution in [-0.2, 0) is 10.0 Å². The summed E-state index contributed by atoms with van der Waals surface area (Å²) in [6, 6.07) is 9.83. The van der Waals surface area contributed by atoms with Crippen molar-refractivity contribution in [2.45, 2.75) is 31.2 Å². The molecule has 3 rings (SSSR count). The van der Waals surface area contributed by atoms with E-state index in [9.17, 15) is 13.2 Å². The molecule has 1 aliphatic rings. The van der Waals surface area contributed by atoms with E-state index in [1.807, 2.05) is 31.1 Å². The molecule has 3 unspecified atom stereocenters. The quantitative estimate of drug-likeness (QED) is 0.726. The Balaban J connectivity index is 1.73. The van der Waals surface area contributed by atoms with Crippen molar-refractivity contribution in [3.63, 3.8) is 0 Å². The molecule has 164 valence electrons. The van der Waals surface area contributed by atoms with Gasteiger partial charge in [-0.1, -0.05) is 19.9 Å². The number of rotatable bonds is 7. The summed E-state index contributed by atoms with van der Waals surface area (Å²) in [4.78, 5) is 14.8. The number of piperidine rings is 1. The fourth-order valence-electron chi connectivity index (χ4n) is 4.06. The second-order valence-corrected chi connectivity index (χ2v) is 10.4. The van der Waals surface area contributed by atoms with Crippen LogP contribution in [0.1, 0.15) is 42.4 Å². The van der Waals surface area contributed by atoms with Gasteiger partial charge >= 0.3 is 0 Å². The Hall–Kier alpha value is -2.16. The lowest BCUT2D eigenvalue weighted by Gasteiger charge is -2.34. The van der Waals surface area contributed by atoms with Gasteiger partial charge in [0.05, 0.1) is 17.2 Å². The van der Waals surface area contributed by atoms with Gasteiger partial charge in [-0.3, -0.25) is 9.69 Å². The molecule has 2 heterocycles. The smallest absolute Gasteiger partial charge is 0.251 e. The molecule has 1 amide bonds. The highest BCUT2D eigenvalue weighted by Gasteiger charge is 2.32. The lowest BCUT2D eigenvalue weighted by atomic mass is 9.94. The maximum Gasteiger partial charge on any atom is 0.251 e. The van der Waals surface area contributed by atoms with E-state index >= 15 is 0 Å². The Labute approximate surface area is 179 Å². The minimum absolute atomic E-state index is 0.118. The number of hydrogen-bond acceptors (Lipinski definition) is 5. The molecule has 8 heteroatoms. The third-order valence-electron chi connectivity index (χ3n) is 5.52. The van der Waals surface area contributed by atoms with Crippen LogP contribution >= 0.6 is 0 Å². The molecule has 0 aliphatic carbocycles. The molecule has 1 N–H and O–H groups in total. The largest absolute Gasteiger partial charge is 0.468 e. The Bertz CT molecular complexity index is 947. The third kappa shape index (κ3) is 5.11. The molecule has 1 aromatic heterocycles. The highest BCUT2D eigenvalue weighted by Crippen LogP contribution is 2.27. The molecule has 30 heavy (non-hydrogen) atoms. The van der Waals surface area contributed by atoms with Gasteiger partial charge in [-0.05, 0) is 62.7 Å². The first-order valence-corrected chi connectivity index (χ1v) is 11.7. The molecular weight excluding hydrogens is 402 g/mol. The normalized spacial score (nSPS) is 21.5. The van der Waals surface area contributed by atoms with Crippen LogP contribution in [0.2, 0.25) is 0 Å². The van der Waals surface area contributed by atoms with Gasteiger partial charge in [-0.25, -0.2) is 8.42 Å². The SMILES string of the molecule is CC1CC(C)CN(S(=O)(=O)c2cccc(C(=O)NCC(c3ccco3)N(C)C)c2)C1. The van der Waals surface area contributed by atoms with Gasteiger partial charge in [0.2, 0.25) is 10.0 Å². The molecule has 3 atom stereocenters. The number of sulfonamides is 1. The first-order chi connectivity index (χ1) is 14.2. The summed E-state index contributed by atoms with van der Waals surface area (Å²) in [5.74, 6) is 1.08. The van der Waals surface area contributed by atoms with E-state index in [-0.39, 0.29) is 16.8 Å². The van der Waals surface area contributed by atoms with Crippen molar-refractivity contribution < 1.29 is 17.6 Å². The number of hydrogen-bond donors (Lipinski definition) is 1. The maximum absolute atomic E-state index is 13.1. The maximum atomic E-state index is 13.1. The Morgan fingerprint density at radius 3 is 2.50 bits per heavy atom.